The molecule has 0 aliphatic carbocycles. The lowest BCUT2D eigenvalue weighted by atomic mass is 10.0. The molecule has 0 fully saturated rings. The summed E-state index contributed by atoms with van der Waals surface area (Å²) in [5.74, 6) is -1.97. The molecule has 1 rings (SSSR count). The summed E-state index contributed by atoms with van der Waals surface area (Å²) in [5, 5.41) is 14.5. The molecule has 1 aromatic rings. The first-order valence-corrected chi connectivity index (χ1v) is 4.70. The van der Waals surface area contributed by atoms with Gasteiger partial charge in [0.2, 0.25) is 5.54 Å². The minimum absolute atomic E-state index is 0.275. The van der Waals surface area contributed by atoms with Crippen LogP contribution in [-0.2, 0) is 18.4 Å². The quantitative estimate of drug-likeness (QED) is 0.834. The standard InChI is InChI=1S/C9H12F3N3O2/c1-8(7(16)17,9(10,11)12)13-5-6-3-4-15(2)14-6/h3-4,13H,5H2,1-2H3,(H,16,17). The Balaban J connectivity index is 2.79. The van der Waals surface area contributed by atoms with Crippen LogP contribution in [0.4, 0.5) is 13.2 Å². The number of carboxylic acid groups (broad SMARTS) is 1. The molecule has 1 aromatic heterocycles. The number of carbonyl (C=O) groups is 1. The van der Waals surface area contributed by atoms with Crippen LogP contribution < -0.4 is 5.32 Å². The van der Waals surface area contributed by atoms with E-state index in [1.165, 1.54) is 10.7 Å². The average Bonchev–Trinajstić information content (AvgIpc) is 2.58. The SMILES string of the molecule is Cn1ccc(CNC(C)(C(=O)O)C(F)(F)F)n1. The Morgan fingerprint density at radius 3 is 2.53 bits per heavy atom. The molecule has 2 N–H and O–H groups in total. The van der Waals surface area contributed by atoms with Crippen molar-refractivity contribution in [2.45, 2.75) is 25.2 Å². The zero-order valence-electron chi connectivity index (χ0n) is 9.25. The molecule has 0 amide bonds. The van der Waals surface area contributed by atoms with E-state index in [0.29, 0.717) is 12.6 Å². The molecule has 5 nitrogen and oxygen atoms in total. The van der Waals surface area contributed by atoms with Gasteiger partial charge in [0, 0.05) is 19.8 Å². The van der Waals surface area contributed by atoms with E-state index in [9.17, 15) is 18.0 Å². The number of halogens is 3. The molecule has 0 spiro atoms. The predicted molar refractivity (Wildman–Crippen MR) is 52.1 cm³/mol. The van der Waals surface area contributed by atoms with E-state index in [-0.39, 0.29) is 6.54 Å². The van der Waals surface area contributed by atoms with Crippen LogP contribution in [0.1, 0.15) is 12.6 Å². The molecule has 1 heterocycles. The molecule has 8 heteroatoms. The van der Waals surface area contributed by atoms with E-state index in [4.69, 9.17) is 5.11 Å². The number of hydrogen-bond donors (Lipinski definition) is 2. The van der Waals surface area contributed by atoms with Crippen LogP contribution in [0.5, 0.6) is 0 Å². The van der Waals surface area contributed by atoms with Gasteiger partial charge in [-0.05, 0) is 13.0 Å². The molecule has 0 aliphatic rings. The Morgan fingerprint density at radius 2 is 2.18 bits per heavy atom. The summed E-state index contributed by atoms with van der Waals surface area (Å²) in [6.07, 6.45) is -3.32. The van der Waals surface area contributed by atoms with Crippen LogP contribution in [-0.4, -0.2) is 32.6 Å². The largest absolute Gasteiger partial charge is 0.480 e. The van der Waals surface area contributed by atoms with Crippen LogP contribution in [0.15, 0.2) is 12.3 Å². The smallest absolute Gasteiger partial charge is 0.417 e. The molecule has 0 saturated carbocycles. The van der Waals surface area contributed by atoms with Crippen molar-refractivity contribution in [3.05, 3.63) is 18.0 Å². The number of hydrogen-bond acceptors (Lipinski definition) is 3. The van der Waals surface area contributed by atoms with Crippen molar-refractivity contribution >= 4 is 5.97 Å². The highest BCUT2D eigenvalue weighted by atomic mass is 19.4. The highest BCUT2D eigenvalue weighted by Gasteiger charge is 2.57. The van der Waals surface area contributed by atoms with E-state index in [0.717, 1.165) is 0 Å². The van der Waals surface area contributed by atoms with Gasteiger partial charge >= 0.3 is 12.1 Å². The third-order valence-corrected chi connectivity index (χ3v) is 2.39. The molecular weight excluding hydrogens is 239 g/mol. The normalized spacial score (nSPS) is 15.6. The predicted octanol–water partition coefficient (Wildman–Crippen LogP) is 0.915. The number of aliphatic carboxylic acids is 1. The Kier molecular flexibility index (Phi) is 3.46. The third-order valence-electron chi connectivity index (χ3n) is 2.39. The minimum Gasteiger partial charge on any atom is -0.480 e. The molecule has 1 unspecified atom stereocenters. The number of alkyl halides is 3. The summed E-state index contributed by atoms with van der Waals surface area (Å²) < 4.78 is 39.2. The molecule has 0 radical (unpaired) electrons. The zero-order chi connectivity index (χ0) is 13.3. The zero-order valence-corrected chi connectivity index (χ0v) is 9.25. The fourth-order valence-corrected chi connectivity index (χ4v) is 1.12. The summed E-state index contributed by atoms with van der Waals surface area (Å²) in [6, 6.07) is 1.51. The fraction of sp³-hybridized carbons (Fsp3) is 0.556. The number of aromatic nitrogens is 2. The number of nitrogens with zero attached hydrogens (tertiary/aromatic N) is 2. The van der Waals surface area contributed by atoms with E-state index in [1.807, 2.05) is 5.32 Å². The highest BCUT2D eigenvalue weighted by Crippen LogP contribution is 2.30. The van der Waals surface area contributed by atoms with Crippen LogP contribution >= 0.6 is 0 Å². The van der Waals surface area contributed by atoms with Crippen molar-refractivity contribution in [1.29, 1.82) is 0 Å². The maximum atomic E-state index is 12.6. The van der Waals surface area contributed by atoms with E-state index in [1.54, 1.807) is 13.2 Å². The molecule has 0 aromatic carbocycles. The Labute approximate surface area is 95.2 Å². The van der Waals surface area contributed by atoms with E-state index < -0.39 is 17.7 Å². The van der Waals surface area contributed by atoms with Gasteiger partial charge in [-0.25, -0.2) is 4.79 Å². The fourth-order valence-electron chi connectivity index (χ4n) is 1.12. The summed E-state index contributed by atoms with van der Waals surface area (Å²) in [5.41, 5.74) is -2.64. The molecule has 0 saturated heterocycles. The van der Waals surface area contributed by atoms with Gasteiger partial charge in [0.15, 0.2) is 0 Å². The van der Waals surface area contributed by atoms with Gasteiger partial charge in [0.25, 0.3) is 0 Å². The highest BCUT2D eigenvalue weighted by molar-refractivity contribution is 5.79. The van der Waals surface area contributed by atoms with E-state index in [2.05, 4.69) is 5.10 Å². The lowest BCUT2D eigenvalue weighted by Gasteiger charge is -2.28. The van der Waals surface area contributed by atoms with Crippen molar-refractivity contribution < 1.29 is 23.1 Å². The Morgan fingerprint density at radius 1 is 1.59 bits per heavy atom. The van der Waals surface area contributed by atoms with Gasteiger partial charge in [-0.2, -0.15) is 18.3 Å². The molecule has 0 bridgehead atoms. The van der Waals surface area contributed by atoms with Crippen LogP contribution in [0.2, 0.25) is 0 Å². The molecular formula is C9H12F3N3O2. The first kappa shape index (κ1) is 13.5. The van der Waals surface area contributed by atoms with Gasteiger partial charge in [-0.1, -0.05) is 0 Å². The summed E-state index contributed by atoms with van der Waals surface area (Å²) >= 11 is 0. The summed E-state index contributed by atoms with van der Waals surface area (Å²) in [4.78, 5) is 10.7. The summed E-state index contributed by atoms with van der Waals surface area (Å²) in [6.45, 7) is 0.307. The Bertz CT molecular complexity index is 416. The Hall–Kier alpha value is -1.57. The van der Waals surface area contributed by atoms with Crippen molar-refractivity contribution in [2.75, 3.05) is 0 Å². The van der Waals surface area contributed by atoms with Crippen molar-refractivity contribution in [2.24, 2.45) is 7.05 Å². The van der Waals surface area contributed by atoms with Gasteiger partial charge in [0.1, 0.15) is 0 Å². The van der Waals surface area contributed by atoms with Crippen molar-refractivity contribution in [1.82, 2.24) is 15.1 Å². The number of rotatable bonds is 4. The first-order valence-electron chi connectivity index (χ1n) is 4.70. The second kappa shape index (κ2) is 4.36. The molecule has 17 heavy (non-hydrogen) atoms. The lowest BCUT2D eigenvalue weighted by molar-refractivity contribution is -0.206. The maximum absolute atomic E-state index is 12.6. The molecule has 96 valence electrons. The molecule has 0 aliphatic heterocycles. The van der Waals surface area contributed by atoms with Crippen molar-refractivity contribution in [3.8, 4) is 0 Å². The summed E-state index contributed by atoms with van der Waals surface area (Å²) in [7, 11) is 1.61. The van der Waals surface area contributed by atoms with Gasteiger partial charge in [0.05, 0.1) is 5.69 Å². The van der Waals surface area contributed by atoms with Gasteiger partial charge in [-0.3, -0.25) is 10.00 Å². The number of carboxylic acids is 1. The molecule has 1 atom stereocenters. The van der Waals surface area contributed by atoms with Crippen LogP contribution in [0.3, 0.4) is 0 Å². The minimum atomic E-state index is -4.88. The second-order valence-electron chi connectivity index (χ2n) is 3.76. The third kappa shape index (κ3) is 2.76. The number of nitrogens with one attached hydrogen (secondary N) is 1. The van der Waals surface area contributed by atoms with Crippen LogP contribution in [0, 0.1) is 0 Å². The maximum Gasteiger partial charge on any atom is 0.417 e. The topological polar surface area (TPSA) is 67.2 Å². The average molecular weight is 251 g/mol. The second-order valence-corrected chi connectivity index (χ2v) is 3.76. The lowest BCUT2D eigenvalue weighted by Crippen LogP contribution is -2.59. The van der Waals surface area contributed by atoms with Crippen molar-refractivity contribution in [3.63, 3.8) is 0 Å². The first-order chi connectivity index (χ1) is 7.67. The monoisotopic (exact) mass is 251 g/mol. The van der Waals surface area contributed by atoms with E-state index >= 15 is 0 Å². The van der Waals surface area contributed by atoms with Gasteiger partial charge in [-0.15, -0.1) is 0 Å². The number of aryl methyl sites for hydroxylation is 1. The van der Waals surface area contributed by atoms with Gasteiger partial charge < -0.3 is 5.11 Å². The van der Waals surface area contributed by atoms with Crippen LogP contribution in [0.25, 0.3) is 0 Å².